The van der Waals surface area contributed by atoms with E-state index in [0.717, 1.165) is 30.2 Å². The van der Waals surface area contributed by atoms with E-state index in [1.165, 1.54) is 25.0 Å². The van der Waals surface area contributed by atoms with E-state index in [0.29, 0.717) is 24.9 Å². The molecule has 1 saturated heterocycles. The quantitative estimate of drug-likeness (QED) is 0.874. The molecule has 2 aliphatic rings. The first-order valence-electron chi connectivity index (χ1n) is 8.04. The maximum absolute atomic E-state index is 13.0. The molecule has 0 spiro atoms. The Bertz CT molecular complexity index is 498. The minimum atomic E-state index is -0.229. The van der Waals surface area contributed by atoms with Crippen molar-refractivity contribution in [3.63, 3.8) is 0 Å². The molecular weight excluding hydrogens is 299 g/mol. The Morgan fingerprint density at radius 2 is 2.09 bits per heavy atom. The molecule has 5 heteroatoms. The van der Waals surface area contributed by atoms with E-state index in [2.05, 4.69) is 5.32 Å². The molecule has 1 atom stereocenters. The molecule has 1 heterocycles. The smallest absolute Gasteiger partial charge is 0.224 e. The zero-order chi connectivity index (χ0) is 15.4. The van der Waals surface area contributed by atoms with Gasteiger partial charge < -0.3 is 10.2 Å². The maximum Gasteiger partial charge on any atom is 0.224 e. The average Bonchev–Trinajstić information content (AvgIpc) is 3.34. The van der Waals surface area contributed by atoms with Gasteiger partial charge in [0.15, 0.2) is 0 Å². The monoisotopic (exact) mass is 322 g/mol. The SMILES string of the molecule is O=C(CC1CSCCN1)N(Cc1ccc(F)cc1)CC1CC1. The number of hydrogen-bond acceptors (Lipinski definition) is 3. The molecule has 1 amide bonds. The number of thioether (sulfide) groups is 1. The van der Waals surface area contributed by atoms with Crippen LogP contribution in [0, 0.1) is 11.7 Å². The van der Waals surface area contributed by atoms with Crippen molar-refractivity contribution in [3.8, 4) is 0 Å². The number of carbonyl (C=O) groups excluding carboxylic acids is 1. The summed E-state index contributed by atoms with van der Waals surface area (Å²) in [5.74, 6) is 2.80. The summed E-state index contributed by atoms with van der Waals surface area (Å²) in [5.41, 5.74) is 1.00. The van der Waals surface area contributed by atoms with Crippen LogP contribution in [-0.2, 0) is 11.3 Å². The first-order chi connectivity index (χ1) is 10.7. The fourth-order valence-corrected chi connectivity index (χ4v) is 3.72. The molecule has 0 aromatic heterocycles. The summed E-state index contributed by atoms with van der Waals surface area (Å²) in [6, 6.07) is 6.78. The van der Waals surface area contributed by atoms with Gasteiger partial charge in [-0.15, -0.1) is 0 Å². The van der Waals surface area contributed by atoms with Crippen LogP contribution in [0.5, 0.6) is 0 Å². The lowest BCUT2D eigenvalue weighted by atomic mass is 10.1. The largest absolute Gasteiger partial charge is 0.338 e. The normalized spacial score (nSPS) is 21.6. The van der Waals surface area contributed by atoms with E-state index in [1.807, 2.05) is 16.7 Å². The van der Waals surface area contributed by atoms with Crippen LogP contribution >= 0.6 is 11.8 Å². The molecule has 3 rings (SSSR count). The standard InChI is InChI=1S/C17H23FN2OS/c18-15-5-3-14(4-6-15)11-20(10-13-1-2-13)17(21)9-16-12-22-8-7-19-16/h3-6,13,16,19H,1-2,7-12H2. The van der Waals surface area contributed by atoms with Crippen LogP contribution in [0.1, 0.15) is 24.8 Å². The summed E-state index contributed by atoms with van der Waals surface area (Å²) in [5, 5.41) is 3.43. The molecule has 1 saturated carbocycles. The van der Waals surface area contributed by atoms with Crippen molar-refractivity contribution in [1.82, 2.24) is 10.2 Å². The zero-order valence-electron chi connectivity index (χ0n) is 12.8. The molecule has 1 aromatic carbocycles. The number of rotatable bonds is 6. The summed E-state index contributed by atoms with van der Waals surface area (Å²) < 4.78 is 13.0. The third-order valence-corrected chi connectivity index (χ3v) is 5.37. The summed E-state index contributed by atoms with van der Waals surface area (Å²) >= 11 is 1.91. The van der Waals surface area contributed by atoms with Crippen molar-refractivity contribution in [2.45, 2.75) is 31.8 Å². The second kappa shape index (κ2) is 7.47. The van der Waals surface area contributed by atoms with Crippen molar-refractivity contribution >= 4 is 17.7 Å². The Labute approximate surface area is 135 Å². The Kier molecular flexibility index (Phi) is 5.37. The van der Waals surface area contributed by atoms with E-state index in [4.69, 9.17) is 0 Å². The molecule has 120 valence electrons. The van der Waals surface area contributed by atoms with Gasteiger partial charge in [0.2, 0.25) is 5.91 Å². The molecule has 0 radical (unpaired) electrons. The predicted molar refractivity (Wildman–Crippen MR) is 88.3 cm³/mol. The molecule has 2 fully saturated rings. The highest BCUT2D eigenvalue weighted by Gasteiger charge is 2.28. The fraction of sp³-hybridized carbons (Fsp3) is 0.588. The van der Waals surface area contributed by atoms with Crippen LogP contribution in [0.4, 0.5) is 4.39 Å². The molecule has 1 unspecified atom stereocenters. The minimum absolute atomic E-state index is 0.219. The minimum Gasteiger partial charge on any atom is -0.338 e. The van der Waals surface area contributed by atoms with Crippen LogP contribution in [-0.4, -0.2) is 41.4 Å². The Morgan fingerprint density at radius 3 is 2.73 bits per heavy atom. The molecular formula is C17H23FN2OS. The van der Waals surface area contributed by atoms with Gasteiger partial charge in [-0.05, 0) is 36.5 Å². The second-order valence-corrected chi connectivity index (χ2v) is 7.42. The average molecular weight is 322 g/mol. The van der Waals surface area contributed by atoms with Crippen molar-refractivity contribution < 1.29 is 9.18 Å². The van der Waals surface area contributed by atoms with E-state index >= 15 is 0 Å². The molecule has 1 aromatic rings. The van der Waals surface area contributed by atoms with Crippen molar-refractivity contribution in [1.29, 1.82) is 0 Å². The van der Waals surface area contributed by atoms with Gasteiger partial charge in [-0.3, -0.25) is 4.79 Å². The van der Waals surface area contributed by atoms with Gasteiger partial charge in [0.1, 0.15) is 5.82 Å². The molecule has 3 nitrogen and oxygen atoms in total. The molecule has 22 heavy (non-hydrogen) atoms. The number of halogens is 1. The molecule has 1 aliphatic heterocycles. The van der Waals surface area contributed by atoms with Gasteiger partial charge in [0.05, 0.1) is 0 Å². The number of nitrogens with one attached hydrogen (secondary N) is 1. The third-order valence-electron chi connectivity index (χ3n) is 4.23. The van der Waals surface area contributed by atoms with E-state index in [1.54, 1.807) is 12.1 Å². The van der Waals surface area contributed by atoms with Crippen LogP contribution in [0.25, 0.3) is 0 Å². The molecule has 0 bridgehead atoms. The second-order valence-electron chi connectivity index (χ2n) is 6.27. The van der Waals surface area contributed by atoms with E-state index in [9.17, 15) is 9.18 Å². The molecule has 1 aliphatic carbocycles. The lowest BCUT2D eigenvalue weighted by molar-refractivity contribution is -0.132. The van der Waals surface area contributed by atoms with Gasteiger partial charge in [-0.2, -0.15) is 11.8 Å². The van der Waals surface area contributed by atoms with Gasteiger partial charge in [0.25, 0.3) is 0 Å². The fourth-order valence-electron chi connectivity index (χ4n) is 2.77. The predicted octanol–water partition coefficient (Wildman–Crippen LogP) is 2.66. The van der Waals surface area contributed by atoms with Crippen LogP contribution in [0.2, 0.25) is 0 Å². The van der Waals surface area contributed by atoms with Crippen LogP contribution in [0.15, 0.2) is 24.3 Å². The van der Waals surface area contributed by atoms with Crippen molar-refractivity contribution in [2.75, 3.05) is 24.6 Å². The highest BCUT2D eigenvalue weighted by molar-refractivity contribution is 7.99. The maximum atomic E-state index is 13.0. The Morgan fingerprint density at radius 1 is 1.32 bits per heavy atom. The third kappa shape index (κ3) is 4.71. The lowest BCUT2D eigenvalue weighted by Gasteiger charge is -2.27. The Balaban J connectivity index is 1.60. The Hall–Kier alpha value is -1.07. The first kappa shape index (κ1) is 15.8. The number of nitrogens with zero attached hydrogens (tertiary/aromatic N) is 1. The van der Waals surface area contributed by atoms with Crippen molar-refractivity contribution in [3.05, 3.63) is 35.6 Å². The summed E-state index contributed by atoms with van der Waals surface area (Å²) in [7, 11) is 0. The van der Waals surface area contributed by atoms with Gasteiger partial charge in [-0.25, -0.2) is 4.39 Å². The van der Waals surface area contributed by atoms with Crippen LogP contribution < -0.4 is 5.32 Å². The highest BCUT2D eigenvalue weighted by Crippen LogP contribution is 2.30. The van der Waals surface area contributed by atoms with E-state index < -0.39 is 0 Å². The number of amides is 1. The topological polar surface area (TPSA) is 32.3 Å². The lowest BCUT2D eigenvalue weighted by Crippen LogP contribution is -2.43. The molecule has 1 N–H and O–H groups in total. The first-order valence-corrected chi connectivity index (χ1v) is 9.19. The van der Waals surface area contributed by atoms with Crippen molar-refractivity contribution in [2.24, 2.45) is 5.92 Å². The van der Waals surface area contributed by atoms with Gasteiger partial charge in [-0.1, -0.05) is 12.1 Å². The highest BCUT2D eigenvalue weighted by atomic mass is 32.2. The summed E-state index contributed by atoms with van der Waals surface area (Å²) in [4.78, 5) is 14.6. The number of benzene rings is 1. The van der Waals surface area contributed by atoms with Crippen LogP contribution in [0.3, 0.4) is 0 Å². The number of hydrogen-bond donors (Lipinski definition) is 1. The van der Waals surface area contributed by atoms with E-state index in [-0.39, 0.29) is 11.7 Å². The summed E-state index contributed by atoms with van der Waals surface area (Å²) in [6.07, 6.45) is 3.02. The zero-order valence-corrected chi connectivity index (χ0v) is 13.6. The number of carbonyl (C=O) groups is 1. The summed E-state index contributed by atoms with van der Waals surface area (Å²) in [6.45, 7) is 2.43. The van der Waals surface area contributed by atoms with Gasteiger partial charge >= 0.3 is 0 Å². The van der Waals surface area contributed by atoms with Gasteiger partial charge in [0, 0.05) is 43.6 Å².